The second-order valence-corrected chi connectivity index (χ2v) is 5.80. The third kappa shape index (κ3) is 3.95. The van der Waals surface area contributed by atoms with E-state index in [0.717, 1.165) is 11.8 Å². The van der Waals surface area contributed by atoms with Gasteiger partial charge in [-0.3, -0.25) is 0 Å². The smallest absolute Gasteiger partial charge is 0.0247 e. The number of benzene rings is 1. The predicted molar refractivity (Wildman–Crippen MR) is 72.9 cm³/mol. The van der Waals surface area contributed by atoms with Gasteiger partial charge in [-0.05, 0) is 41.1 Å². The van der Waals surface area contributed by atoms with Crippen molar-refractivity contribution in [2.45, 2.75) is 40.5 Å². The highest BCUT2D eigenvalue weighted by molar-refractivity contribution is 7.27. The van der Waals surface area contributed by atoms with Crippen molar-refractivity contribution in [3.63, 3.8) is 0 Å². The Hall–Kier alpha value is -0.350. The Morgan fingerprint density at radius 1 is 1.00 bits per heavy atom. The van der Waals surface area contributed by atoms with Gasteiger partial charge in [-0.1, -0.05) is 45.9 Å². The highest BCUT2D eigenvalue weighted by Crippen LogP contribution is 2.17. The van der Waals surface area contributed by atoms with Gasteiger partial charge in [0.2, 0.25) is 0 Å². The third-order valence-electron chi connectivity index (χ3n) is 2.55. The molecular weight excluding hydrogens is 199 g/mol. The average Bonchev–Trinajstić information content (AvgIpc) is 2.09. The van der Waals surface area contributed by atoms with Crippen LogP contribution in [0.15, 0.2) is 18.2 Å². The molecule has 0 radical (unpaired) electrons. The largest absolute Gasteiger partial charge is 0.105 e. The number of rotatable bonds is 4. The summed E-state index contributed by atoms with van der Waals surface area (Å²) in [6.45, 7) is 9.15. The van der Waals surface area contributed by atoms with Gasteiger partial charge >= 0.3 is 0 Å². The first-order valence-corrected chi connectivity index (χ1v) is 6.44. The van der Waals surface area contributed by atoms with E-state index in [2.05, 4.69) is 55.1 Å². The van der Waals surface area contributed by atoms with Gasteiger partial charge in [0.25, 0.3) is 0 Å². The van der Waals surface area contributed by atoms with Crippen LogP contribution in [0.2, 0.25) is 0 Å². The molecule has 0 heterocycles. The molecule has 84 valence electrons. The Kier molecular flexibility index (Phi) is 4.80. The molecule has 0 amide bonds. The van der Waals surface area contributed by atoms with Crippen LogP contribution in [-0.4, -0.2) is 0 Å². The number of hydrogen-bond acceptors (Lipinski definition) is 0. The van der Waals surface area contributed by atoms with Crippen LogP contribution in [0.3, 0.4) is 0 Å². The molecule has 0 aromatic heterocycles. The Bertz CT molecular complexity index is 313. The summed E-state index contributed by atoms with van der Waals surface area (Å²) in [7, 11) is 2.87. The fourth-order valence-electron chi connectivity index (χ4n) is 1.94. The minimum Gasteiger partial charge on any atom is -0.105 e. The molecule has 1 heteroatoms. The quantitative estimate of drug-likeness (QED) is 0.683. The van der Waals surface area contributed by atoms with Gasteiger partial charge < -0.3 is 0 Å². The first-order valence-electron chi connectivity index (χ1n) is 5.87. The molecule has 0 nitrogen and oxygen atoms in total. The highest BCUT2D eigenvalue weighted by atomic mass is 31.0. The molecule has 0 saturated heterocycles. The summed E-state index contributed by atoms with van der Waals surface area (Å²) in [6, 6.07) is 6.65. The van der Waals surface area contributed by atoms with Crippen LogP contribution < -0.4 is 5.30 Å². The second kappa shape index (κ2) is 5.66. The van der Waals surface area contributed by atoms with Crippen molar-refractivity contribution < 1.29 is 0 Å². The molecule has 0 aliphatic carbocycles. The molecule has 1 aromatic rings. The monoisotopic (exact) mass is 222 g/mol. The van der Waals surface area contributed by atoms with E-state index in [1.807, 2.05) is 0 Å². The van der Waals surface area contributed by atoms with E-state index < -0.39 is 0 Å². The molecule has 0 saturated carbocycles. The van der Waals surface area contributed by atoms with Gasteiger partial charge in [0, 0.05) is 0 Å². The first-order chi connectivity index (χ1) is 7.00. The van der Waals surface area contributed by atoms with Crippen molar-refractivity contribution in [3.8, 4) is 0 Å². The maximum Gasteiger partial charge on any atom is -0.0247 e. The van der Waals surface area contributed by atoms with Crippen LogP contribution in [0.5, 0.6) is 0 Å². The summed E-state index contributed by atoms with van der Waals surface area (Å²) >= 11 is 0. The van der Waals surface area contributed by atoms with Gasteiger partial charge in [0.1, 0.15) is 0 Å². The van der Waals surface area contributed by atoms with E-state index in [4.69, 9.17) is 0 Å². The first kappa shape index (κ1) is 12.7. The summed E-state index contributed by atoms with van der Waals surface area (Å²) in [6.07, 6.45) is 2.39. The van der Waals surface area contributed by atoms with Crippen LogP contribution >= 0.6 is 9.24 Å². The van der Waals surface area contributed by atoms with E-state index in [9.17, 15) is 0 Å². The van der Waals surface area contributed by atoms with Crippen LogP contribution in [0.1, 0.15) is 38.8 Å². The van der Waals surface area contributed by atoms with Crippen LogP contribution in [0, 0.1) is 11.8 Å². The van der Waals surface area contributed by atoms with E-state index >= 15 is 0 Å². The zero-order chi connectivity index (χ0) is 11.4. The molecule has 1 rings (SSSR count). The molecular formula is C14H23P. The molecule has 15 heavy (non-hydrogen) atoms. The van der Waals surface area contributed by atoms with E-state index in [1.54, 1.807) is 5.56 Å². The standard InChI is InChI=1S/C14H23P/c1-10(2)8-12-6-5-7-14(15)13(12)9-11(3)4/h5-7,10-11H,8-9,15H2,1-4H3. The van der Waals surface area contributed by atoms with Gasteiger partial charge in [-0.15, -0.1) is 9.24 Å². The summed E-state index contributed by atoms with van der Waals surface area (Å²) in [5, 5.41) is 1.38. The predicted octanol–water partition coefficient (Wildman–Crippen LogP) is 3.58. The molecule has 0 aliphatic rings. The van der Waals surface area contributed by atoms with Crippen molar-refractivity contribution in [2.24, 2.45) is 11.8 Å². The van der Waals surface area contributed by atoms with E-state index in [0.29, 0.717) is 0 Å². The minimum absolute atomic E-state index is 0.734. The van der Waals surface area contributed by atoms with Crippen LogP contribution in [0.4, 0.5) is 0 Å². The fraction of sp³-hybridized carbons (Fsp3) is 0.571. The van der Waals surface area contributed by atoms with Gasteiger partial charge in [-0.25, -0.2) is 0 Å². The van der Waals surface area contributed by atoms with Crippen molar-refractivity contribution in [1.29, 1.82) is 0 Å². The summed E-state index contributed by atoms with van der Waals surface area (Å²) < 4.78 is 0. The average molecular weight is 222 g/mol. The fourth-order valence-corrected chi connectivity index (χ4v) is 2.36. The summed E-state index contributed by atoms with van der Waals surface area (Å²) in [4.78, 5) is 0. The normalized spacial score (nSPS) is 11.4. The van der Waals surface area contributed by atoms with Crippen molar-refractivity contribution in [1.82, 2.24) is 0 Å². The maximum atomic E-state index is 2.87. The number of hydrogen-bond donors (Lipinski definition) is 0. The van der Waals surface area contributed by atoms with E-state index in [-0.39, 0.29) is 0 Å². The minimum atomic E-state index is 0.734. The molecule has 1 unspecified atom stereocenters. The van der Waals surface area contributed by atoms with Gasteiger partial charge in [0.15, 0.2) is 0 Å². The molecule has 0 spiro atoms. The molecule has 0 aliphatic heterocycles. The molecule has 0 fully saturated rings. The zero-order valence-corrected chi connectivity index (χ0v) is 11.5. The van der Waals surface area contributed by atoms with Crippen LogP contribution in [-0.2, 0) is 12.8 Å². The van der Waals surface area contributed by atoms with Gasteiger partial charge in [0.05, 0.1) is 0 Å². The second-order valence-electron chi connectivity index (χ2n) is 5.18. The lowest BCUT2D eigenvalue weighted by atomic mass is 9.93. The van der Waals surface area contributed by atoms with Crippen molar-refractivity contribution >= 4 is 14.5 Å². The molecule has 0 bridgehead atoms. The summed E-state index contributed by atoms with van der Waals surface area (Å²) in [5.41, 5.74) is 3.08. The lowest BCUT2D eigenvalue weighted by molar-refractivity contribution is 0.618. The topological polar surface area (TPSA) is 0 Å². The Morgan fingerprint density at radius 2 is 1.60 bits per heavy atom. The third-order valence-corrected chi connectivity index (χ3v) is 3.09. The lowest BCUT2D eigenvalue weighted by Crippen LogP contribution is -2.11. The summed E-state index contributed by atoms with van der Waals surface area (Å²) in [5.74, 6) is 1.47. The highest BCUT2D eigenvalue weighted by Gasteiger charge is 2.08. The SMILES string of the molecule is CC(C)Cc1cccc(P)c1CC(C)C. The van der Waals surface area contributed by atoms with E-state index in [1.165, 1.54) is 23.7 Å². The van der Waals surface area contributed by atoms with Crippen molar-refractivity contribution in [3.05, 3.63) is 29.3 Å². The molecule has 0 N–H and O–H groups in total. The zero-order valence-electron chi connectivity index (χ0n) is 10.4. The molecule has 1 aromatic carbocycles. The maximum absolute atomic E-state index is 2.87. The lowest BCUT2D eigenvalue weighted by Gasteiger charge is -2.15. The Balaban J connectivity index is 2.97. The van der Waals surface area contributed by atoms with Gasteiger partial charge in [-0.2, -0.15) is 0 Å². The van der Waals surface area contributed by atoms with Crippen LogP contribution in [0.25, 0.3) is 0 Å². The molecule has 1 atom stereocenters. The van der Waals surface area contributed by atoms with Crippen molar-refractivity contribution in [2.75, 3.05) is 0 Å². The Morgan fingerprint density at radius 3 is 2.13 bits per heavy atom. The Labute approximate surface area is 96.7 Å².